The first-order chi connectivity index (χ1) is 15.2. The molecular weight excluding hydrogens is 397 g/mol. The third kappa shape index (κ3) is 4.77. The molecule has 0 N–H and O–H groups in total. The SMILES string of the molecule is CCc1nn(-c2ccccc2)c(Oc2ccccc2F)c1CCC(=O)N1CCOCC1. The van der Waals surface area contributed by atoms with Crippen molar-refractivity contribution >= 4 is 5.91 Å². The molecule has 6 nitrogen and oxygen atoms in total. The largest absolute Gasteiger partial charge is 0.436 e. The van der Waals surface area contributed by atoms with E-state index in [9.17, 15) is 9.18 Å². The molecule has 1 aliphatic rings. The average molecular weight is 423 g/mol. The van der Waals surface area contributed by atoms with Gasteiger partial charge in [-0.1, -0.05) is 37.3 Å². The summed E-state index contributed by atoms with van der Waals surface area (Å²) < 4.78 is 27.5. The van der Waals surface area contributed by atoms with Crippen LogP contribution in [0.1, 0.15) is 24.6 Å². The molecule has 162 valence electrons. The Balaban J connectivity index is 1.67. The van der Waals surface area contributed by atoms with Crippen LogP contribution in [-0.2, 0) is 22.4 Å². The molecular formula is C24H26FN3O3. The van der Waals surface area contributed by atoms with Crippen LogP contribution in [0, 0.1) is 5.82 Å². The summed E-state index contributed by atoms with van der Waals surface area (Å²) in [5, 5.41) is 4.74. The molecule has 4 rings (SSSR count). The number of aryl methyl sites for hydroxylation is 1. The highest BCUT2D eigenvalue weighted by Gasteiger charge is 2.23. The minimum Gasteiger partial charge on any atom is -0.436 e. The van der Waals surface area contributed by atoms with Crippen molar-refractivity contribution in [1.82, 2.24) is 14.7 Å². The summed E-state index contributed by atoms with van der Waals surface area (Å²) >= 11 is 0. The zero-order valence-electron chi connectivity index (χ0n) is 17.6. The molecule has 0 aliphatic carbocycles. The van der Waals surface area contributed by atoms with E-state index in [4.69, 9.17) is 14.6 Å². The van der Waals surface area contributed by atoms with Crippen LogP contribution < -0.4 is 4.74 Å². The van der Waals surface area contributed by atoms with Crippen LogP contribution in [0.15, 0.2) is 54.6 Å². The number of nitrogens with zero attached hydrogens (tertiary/aromatic N) is 3. The average Bonchev–Trinajstić information content (AvgIpc) is 3.17. The fourth-order valence-corrected chi connectivity index (χ4v) is 3.70. The first-order valence-electron chi connectivity index (χ1n) is 10.6. The number of hydrogen-bond donors (Lipinski definition) is 0. The molecule has 0 atom stereocenters. The number of ether oxygens (including phenoxy) is 2. The predicted octanol–water partition coefficient (Wildman–Crippen LogP) is 4.16. The Hall–Kier alpha value is -3.19. The Morgan fingerprint density at radius 2 is 1.81 bits per heavy atom. The standard InChI is InChI=1S/C24H26FN3O3/c1-2-21-19(12-13-23(29)27-14-16-30-17-15-27)24(31-22-11-7-6-10-20(22)25)28(26-21)18-8-4-3-5-9-18/h3-11H,2,12-17H2,1H3. The molecule has 1 aliphatic heterocycles. The molecule has 2 heterocycles. The van der Waals surface area contributed by atoms with E-state index in [0.717, 1.165) is 16.9 Å². The number of aromatic nitrogens is 2. The van der Waals surface area contributed by atoms with Gasteiger partial charge in [0, 0.05) is 25.1 Å². The smallest absolute Gasteiger partial charge is 0.226 e. The Labute approximate surface area is 181 Å². The fourth-order valence-electron chi connectivity index (χ4n) is 3.70. The van der Waals surface area contributed by atoms with Crippen LogP contribution in [-0.4, -0.2) is 46.9 Å². The fraction of sp³-hybridized carbons (Fsp3) is 0.333. The van der Waals surface area contributed by atoms with Crippen molar-refractivity contribution in [3.63, 3.8) is 0 Å². The van der Waals surface area contributed by atoms with E-state index in [1.54, 1.807) is 22.9 Å². The van der Waals surface area contributed by atoms with Crippen molar-refractivity contribution in [2.24, 2.45) is 0 Å². The first-order valence-corrected chi connectivity index (χ1v) is 10.6. The van der Waals surface area contributed by atoms with Crippen molar-refractivity contribution in [2.75, 3.05) is 26.3 Å². The Bertz CT molecular complexity index is 1030. The van der Waals surface area contributed by atoms with Crippen LogP contribution in [0.5, 0.6) is 11.6 Å². The number of carbonyl (C=O) groups excluding carboxylic acids is 1. The minimum atomic E-state index is -0.447. The summed E-state index contributed by atoms with van der Waals surface area (Å²) in [6.07, 6.45) is 1.48. The monoisotopic (exact) mass is 423 g/mol. The quantitative estimate of drug-likeness (QED) is 0.573. The van der Waals surface area contributed by atoms with Crippen molar-refractivity contribution in [3.8, 4) is 17.3 Å². The number of morpholine rings is 1. The predicted molar refractivity (Wildman–Crippen MR) is 115 cm³/mol. The van der Waals surface area contributed by atoms with Gasteiger partial charge in [0.1, 0.15) is 0 Å². The maximum Gasteiger partial charge on any atom is 0.226 e. The van der Waals surface area contributed by atoms with Crippen LogP contribution in [0.4, 0.5) is 4.39 Å². The van der Waals surface area contributed by atoms with E-state index in [1.807, 2.05) is 42.2 Å². The minimum absolute atomic E-state index is 0.0784. The molecule has 7 heteroatoms. The highest BCUT2D eigenvalue weighted by atomic mass is 19.1. The lowest BCUT2D eigenvalue weighted by molar-refractivity contribution is -0.135. The van der Waals surface area contributed by atoms with Gasteiger partial charge in [0.25, 0.3) is 0 Å². The third-order valence-electron chi connectivity index (χ3n) is 5.35. The maximum atomic E-state index is 14.4. The van der Waals surface area contributed by atoms with Gasteiger partial charge in [-0.3, -0.25) is 4.79 Å². The molecule has 0 radical (unpaired) electrons. The van der Waals surface area contributed by atoms with E-state index in [1.165, 1.54) is 6.07 Å². The number of benzene rings is 2. The second-order valence-electron chi connectivity index (χ2n) is 7.36. The lowest BCUT2D eigenvalue weighted by Gasteiger charge is -2.26. The van der Waals surface area contributed by atoms with E-state index in [2.05, 4.69) is 0 Å². The number of carbonyl (C=O) groups is 1. The zero-order valence-corrected chi connectivity index (χ0v) is 17.6. The first kappa shape index (κ1) is 21.1. The molecule has 0 saturated carbocycles. The second-order valence-corrected chi connectivity index (χ2v) is 7.36. The van der Waals surface area contributed by atoms with Crippen molar-refractivity contribution in [1.29, 1.82) is 0 Å². The topological polar surface area (TPSA) is 56.6 Å². The molecule has 1 aromatic heterocycles. The molecule has 0 bridgehead atoms. The van der Waals surface area contributed by atoms with Crippen molar-refractivity contribution in [3.05, 3.63) is 71.7 Å². The molecule has 3 aromatic rings. The normalized spacial score (nSPS) is 13.9. The Morgan fingerprint density at radius 1 is 1.10 bits per heavy atom. The second kappa shape index (κ2) is 9.75. The van der Waals surface area contributed by atoms with Gasteiger partial charge in [0.15, 0.2) is 11.6 Å². The zero-order chi connectivity index (χ0) is 21.6. The number of rotatable bonds is 7. The van der Waals surface area contributed by atoms with Gasteiger partial charge >= 0.3 is 0 Å². The molecule has 1 amide bonds. The molecule has 2 aromatic carbocycles. The van der Waals surface area contributed by atoms with Gasteiger partial charge in [0.2, 0.25) is 11.8 Å². The number of amides is 1. The summed E-state index contributed by atoms with van der Waals surface area (Å²) in [5.41, 5.74) is 2.48. The van der Waals surface area contributed by atoms with Gasteiger partial charge in [-0.25, -0.2) is 9.07 Å². The molecule has 1 saturated heterocycles. The Kier molecular flexibility index (Phi) is 6.62. The lowest BCUT2D eigenvalue weighted by atomic mass is 10.1. The van der Waals surface area contributed by atoms with Gasteiger partial charge in [-0.15, -0.1) is 0 Å². The molecule has 31 heavy (non-hydrogen) atoms. The van der Waals surface area contributed by atoms with Gasteiger partial charge in [-0.05, 0) is 37.1 Å². The van der Waals surface area contributed by atoms with Crippen LogP contribution in [0.2, 0.25) is 0 Å². The van der Waals surface area contributed by atoms with Crippen LogP contribution in [0.25, 0.3) is 5.69 Å². The molecule has 0 unspecified atom stereocenters. The summed E-state index contributed by atoms with van der Waals surface area (Å²) in [7, 11) is 0. The van der Waals surface area contributed by atoms with Crippen LogP contribution >= 0.6 is 0 Å². The van der Waals surface area contributed by atoms with Gasteiger partial charge in [-0.2, -0.15) is 5.10 Å². The number of halogens is 1. The summed E-state index contributed by atoms with van der Waals surface area (Å²) in [5.74, 6) is 0.206. The lowest BCUT2D eigenvalue weighted by Crippen LogP contribution is -2.40. The van der Waals surface area contributed by atoms with E-state index in [-0.39, 0.29) is 11.7 Å². The summed E-state index contributed by atoms with van der Waals surface area (Å²) in [6.45, 7) is 4.37. The van der Waals surface area contributed by atoms with Crippen molar-refractivity contribution in [2.45, 2.75) is 26.2 Å². The van der Waals surface area contributed by atoms with Gasteiger partial charge < -0.3 is 14.4 Å². The van der Waals surface area contributed by atoms with Gasteiger partial charge in [0.05, 0.1) is 24.6 Å². The molecule has 0 spiro atoms. The summed E-state index contributed by atoms with van der Waals surface area (Å²) in [4.78, 5) is 14.5. The number of para-hydroxylation sites is 2. The highest BCUT2D eigenvalue weighted by molar-refractivity contribution is 5.76. The van der Waals surface area contributed by atoms with E-state index >= 15 is 0 Å². The van der Waals surface area contributed by atoms with Crippen LogP contribution in [0.3, 0.4) is 0 Å². The van der Waals surface area contributed by atoms with E-state index < -0.39 is 5.82 Å². The Morgan fingerprint density at radius 3 is 2.52 bits per heavy atom. The van der Waals surface area contributed by atoms with Crippen molar-refractivity contribution < 1.29 is 18.7 Å². The van der Waals surface area contributed by atoms with E-state index in [0.29, 0.717) is 51.4 Å². The maximum absolute atomic E-state index is 14.4. The highest BCUT2D eigenvalue weighted by Crippen LogP contribution is 2.33. The number of hydrogen-bond acceptors (Lipinski definition) is 4. The third-order valence-corrected chi connectivity index (χ3v) is 5.35. The molecule has 1 fully saturated rings. The summed E-state index contributed by atoms with van der Waals surface area (Å²) in [6, 6.07) is 15.9.